The molecule has 1 N–H and O–H groups in total. The summed E-state index contributed by atoms with van der Waals surface area (Å²) in [6.07, 6.45) is 0.0784. The van der Waals surface area contributed by atoms with E-state index >= 15 is 0 Å². The van der Waals surface area contributed by atoms with Gasteiger partial charge in [-0.25, -0.2) is 9.18 Å². The summed E-state index contributed by atoms with van der Waals surface area (Å²) in [5.74, 6) is -0.0338. The molecule has 6 nitrogen and oxygen atoms in total. The van der Waals surface area contributed by atoms with E-state index in [1.807, 2.05) is 0 Å². The number of rotatable bonds is 4. The van der Waals surface area contributed by atoms with Gasteiger partial charge in [-0.05, 0) is 67.1 Å². The zero-order valence-electron chi connectivity index (χ0n) is 16.7. The van der Waals surface area contributed by atoms with E-state index in [0.717, 1.165) is 0 Å². The number of benzene rings is 2. The van der Waals surface area contributed by atoms with Gasteiger partial charge < -0.3 is 19.5 Å². The highest BCUT2D eigenvalue weighted by molar-refractivity contribution is 5.94. The van der Waals surface area contributed by atoms with Crippen LogP contribution in [-0.4, -0.2) is 54.3 Å². The van der Waals surface area contributed by atoms with Crippen molar-refractivity contribution >= 4 is 11.9 Å². The number of halogens is 1. The molecule has 2 fully saturated rings. The Morgan fingerprint density at radius 3 is 2.43 bits per heavy atom. The zero-order valence-corrected chi connectivity index (χ0v) is 16.7. The van der Waals surface area contributed by atoms with Crippen LogP contribution in [0.25, 0.3) is 0 Å². The summed E-state index contributed by atoms with van der Waals surface area (Å²) in [4.78, 5) is 26.2. The fraction of sp³-hybridized carbons (Fsp3) is 0.391. The number of nitrogens with zero attached hydrogens (tertiary/aromatic N) is 1. The molecule has 1 amide bonds. The summed E-state index contributed by atoms with van der Waals surface area (Å²) in [5, 5.41) is 10.6. The van der Waals surface area contributed by atoms with Gasteiger partial charge >= 0.3 is 5.97 Å². The van der Waals surface area contributed by atoms with Gasteiger partial charge in [-0.3, -0.25) is 4.79 Å². The van der Waals surface area contributed by atoms with Crippen LogP contribution in [0.1, 0.15) is 33.6 Å². The minimum absolute atomic E-state index is 0.123. The van der Waals surface area contributed by atoms with E-state index in [9.17, 15) is 19.1 Å². The highest BCUT2D eigenvalue weighted by Gasteiger charge is 2.44. The van der Waals surface area contributed by atoms with Gasteiger partial charge in [0.1, 0.15) is 17.7 Å². The lowest BCUT2D eigenvalue weighted by Crippen LogP contribution is -2.42. The van der Waals surface area contributed by atoms with Crippen LogP contribution in [0, 0.1) is 17.7 Å². The van der Waals surface area contributed by atoms with E-state index in [1.54, 1.807) is 29.2 Å². The first kappa shape index (κ1) is 20.3. The topological polar surface area (TPSA) is 76.1 Å². The molecule has 0 aromatic heterocycles. The van der Waals surface area contributed by atoms with Crippen molar-refractivity contribution in [2.75, 3.05) is 20.2 Å². The summed E-state index contributed by atoms with van der Waals surface area (Å²) in [6.45, 7) is 1.15. The first-order valence-corrected chi connectivity index (χ1v) is 10.0. The number of methoxy groups -OCH3 is 1. The van der Waals surface area contributed by atoms with Crippen molar-refractivity contribution in [2.45, 2.75) is 25.0 Å². The minimum Gasteiger partial charge on any atom is -0.488 e. The quantitative estimate of drug-likeness (QED) is 0.780. The Labute approximate surface area is 174 Å². The van der Waals surface area contributed by atoms with Crippen molar-refractivity contribution in [1.82, 2.24) is 4.90 Å². The summed E-state index contributed by atoms with van der Waals surface area (Å²) >= 11 is 0. The molecule has 4 rings (SSSR count). The molecule has 2 aromatic rings. The first-order chi connectivity index (χ1) is 14.4. The molecule has 0 bridgehead atoms. The van der Waals surface area contributed by atoms with Gasteiger partial charge in [0.15, 0.2) is 0 Å². The number of carbonyl (C=O) groups is 2. The number of hydrogen-bond acceptors (Lipinski definition) is 5. The highest BCUT2D eigenvalue weighted by Crippen LogP contribution is 2.38. The molecule has 2 aliphatic rings. The van der Waals surface area contributed by atoms with Crippen LogP contribution in [0.2, 0.25) is 0 Å². The fourth-order valence-corrected chi connectivity index (χ4v) is 4.45. The average molecular weight is 413 g/mol. The van der Waals surface area contributed by atoms with Crippen LogP contribution in [0.5, 0.6) is 5.75 Å². The molecule has 2 aromatic carbocycles. The van der Waals surface area contributed by atoms with E-state index in [-0.39, 0.29) is 23.6 Å². The third-order valence-electron chi connectivity index (χ3n) is 6.01. The van der Waals surface area contributed by atoms with E-state index < -0.39 is 18.2 Å². The van der Waals surface area contributed by atoms with Crippen LogP contribution < -0.4 is 4.74 Å². The molecule has 1 saturated carbocycles. The molecule has 1 saturated heterocycles. The number of ether oxygens (including phenoxy) is 2. The van der Waals surface area contributed by atoms with Gasteiger partial charge in [-0.1, -0.05) is 6.07 Å². The number of carbonyl (C=O) groups excluding carboxylic acids is 2. The molecular weight excluding hydrogens is 389 g/mol. The second-order valence-corrected chi connectivity index (χ2v) is 7.95. The summed E-state index contributed by atoms with van der Waals surface area (Å²) in [7, 11) is 1.32. The van der Waals surface area contributed by atoms with Crippen LogP contribution >= 0.6 is 0 Å². The van der Waals surface area contributed by atoms with Gasteiger partial charge in [0.25, 0.3) is 5.91 Å². The largest absolute Gasteiger partial charge is 0.488 e. The Balaban J connectivity index is 1.42. The zero-order chi connectivity index (χ0) is 21.3. The maximum atomic E-state index is 13.1. The van der Waals surface area contributed by atoms with E-state index in [4.69, 9.17) is 9.47 Å². The number of amides is 1. The molecule has 4 atom stereocenters. The number of hydrogen-bond donors (Lipinski definition) is 1. The number of esters is 1. The monoisotopic (exact) mass is 413 g/mol. The van der Waals surface area contributed by atoms with Gasteiger partial charge in [0.05, 0.1) is 18.8 Å². The Kier molecular flexibility index (Phi) is 5.72. The van der Waals surface area contributed by atoms with Crippen molar-refractivity contribution in [3.63, 3.8) is 0 Å². The minimum atomic E-state index is -0.658. The molecule has 1 aliphatic heterocycles. The smallest absolute Gasteiger partial charge is 0.337 e. The summed E-state index contributed by atoms with van der Waals surface area (Å²) in [6, 6.07) is 12.2. The van der Waals surface area contributed by atoms with Gasteiger partial charge in [-0.2, -0.15) is 0 Å². The van der Waals surface area contributed by atoms with Crippen molar-refractivity contribution in [2.24, 2.45) is 11.8 Å². The average Bonchev–Trinajstić information content (AvgIpc) is 3.16. The van der Waals surface area contributed by atoms with Crippen LogP contribution in [0.4, 0.5) is 4.39 Å². The predicted octanol–water partition coefficient (Wildman–Crippen LogP) is 2.90. The lowest BCUT2D eigenvalue weighted by molar-refractivity contribution is -0.0231. The number of likely N-dealkylation sites (tertiary alicyclic amines) is 1. The maximum absolute atomic E-state index is 13.1. The normalized spacial score (nSPS) is 25.5. The number of aliphatic hydroxyl groups is 1. The van der Waals surface area contributed by atoms with E-state index in [1.165, 1.54) is 31.4 Å². The maximum Gasteiger partial charge on any atom is 0.337 e. The second-order valence-electron chi connectivity index (χ2n) is 7.95. The molecule has 1 heterocycles. The molecule has 0 unspecified atom stereocenters. The van der Waals surface area contributed by atoms with Crippen molar-refractivity contribution in [3.05, 3.63) is 65.5 Å². The highest BCUT2D eigenvalue weighted by atomic mass is 19.1. The van der Waals surface area contributed by atoms with Crippen LogP contribution in [0.15, 0.2) is 48.5 Å². The molecule has 7 heteroatoms. The van der Waals surface area contributed by atoms with Gasteiger partial charge in [0.2, 0.25) is 0 Å². The van der Waals surface area contributed by atoms with Gasteiger partial charge in [-0.15, -0.1) is 0 Å². The standard InChI is InChI=1S/C23H24FNO5/c1-29-23(28)15-3-2-4-19(9-15)30-21-11-17-13-25(12-16(17)10-20(21)26)22(27)14-5-7-18(24)8-6-14/h2-9,16-17,20-21,26H,10-13H2,1H3/t16-,17+,20+,21+/m0/s1. The lowest BCUT2D eigenvalue weighted by atomic mass is 9.78. The summed E-state index contributed by atoms with van der Waals surface area (Å²) in [5.41, 5.74) is 0.845. The molecule has 0 spiro atoms. The molecule has 158 valence electrons. The Hall–Kier alpha value is -2.93. The Morgan fingerprint density at radius 2 is 1.73 bits per heavy atom. The first-order valence-electron chi connectivity index (χ1n) is 10.0. The lowest BCUT2D eigenvalue weighted by Gasteiger charge is -2.35. The SMILES string of the molecule is COC(=O)c1cccc(O[C@@H]2C[C@@H]3CN(C(=O)c4ccc(F)cc4)C[C@@H]3C[C@H]2O)c1. The molecular formula is C23H24FNO5. The van der Waals surface area contributed by atoms with Crippen LogP contribution in [0.3, 0.4) is 0 Å². The molecule has 1 aliphatic carbocycles. The van der Waals surface area contributed by atoms with Gasteiger partial charge in [0, 0.05) is 18.7 Å². The third-order valence-corrected chi connectivity index (χ3v) is 6.01. The van der Waals surface area contributed by atoms with Crippen molar-refractivity contribution in [1.29, 1.82) is 0 Å². The van der Waals surface area contributed by atoms with E-state index in [0.29, 0.717) is 42.8 Å². The molecule has 0 radical (unpaired) electrons. The number of aliphatic hydroxyl groups excluding tert-OH is 1. The van der Waals surface area contributed by atoms with Crippen molar-refractivity contribution in [3.8, 4) is 5.75 Å². The van der Waals surface area contributed by atoms with E-state index in [2.05, 4.69) is 0 Å². The molecule has 30 heavy (non-hydrogen) atoms. The van der Waals surface area contributed by atoms with Crippen molar-refractivity contribution < 1.29 is 28.6 Å². The second kappa shape index (κ2) is 8.44. The number of fused-ring (bicyclic) bond motifs is 1. The van der Waals surface area contributed by atoms with Crippen LogP contribution in [-0.2, 0) is 4.74 Å². The summed E-state index contributed by atoms with van der Waals surface area (Å²) < 4.78 is 23.9. The Bertz CT molecular complexity index is 931. The predicted molar refractivity (Wildman–Crippen MR) is 107 cm³/mol. The Morgan fingerprint density at radius 1 is 1.03 bits per heavy atom. The third kappa shape index (κ3) is 4.16. The fourth-order valence-electron chi connectivity index (χ4n) is 4.45.